The number of nitrogens with one attached hydrogen (secondary N) is 1. The second kappa shape index (κ2) is 7.81. The molecule has 156 valence electrons. The molecule has 9 heteroatoms. The highest BCUT2D eigenvalue weighted by atomic mass is 19.3. The molecule has 3 aromatic rings. The maximum absolute atomic E-state index is 13.9. The second-order valence-corrected chi connectivity index (χ2v) is 7.32. The van der Waals surface area contributed by atoms with Gasteiger partial charge in [0.15, 0.2) is 0 Å². The van der Waals surface area contributed by atoms with E-state index in [0.29, 0.717) is 23.1 Å². The number of anilines is 3. The van der Waals surface area contributed by atoms with Gasteiger partial charge in [0.1, 0.15) is 17.5 Å². The van der Waals surface area contributed by atoms with Gasteiger partial charge in [-0.15, -0.1) is 0 Å². The second-order valence-electron chi connectivity index (χ2n) is 7.32. The minimum Gasteiger partial charge on any atom is -0.384 e. The van der Waals surface area contributed by atoms with Crippen LogP contribution in [-0.4, -0.2) is 34.9 Å². The number of halogens is 3. The topological polar surface area (TPSA) is 84.1 Å². The summed E-state index contributed by atoms with van der Waals surface area (Å²) in [4.78, 5) is 23.1. The molecule has 6 nitrogen and oxygen atoms in total. The fraction of sp³-hybridized carbons (Fsp3) is 0.286. The number of nitrogens with zero attached hydrogens (tertiary/aromatic N) is 3. The van der Waals surface area contributed by atoms with Gasteiger partial charge in [0, 0.05) is 55.3 Å². The number of nitrogens with two attached hydrogens (primary N) is 1. The number of alkyl halides is 2. The van der Waals surface area contributed by atoms with Crippen LogP contribution in [0.1, 0.15) is 29.6 Å². The van der Waals surface area contributed by atoms with Crippen molar-refractivity contribution < 1.29 is 18.0 Å². The van der Waals surface area contributed by atoms with Crippen molar-refractivity contribution in [2.24, 2.45) is 0 Å². The first-order chi connectivity index (χ1) is 14.3. The van der Waals surface area contributed by atoms with Gasteiger partial charge in [-0.05, 0) is 30.7 Å². The van der Waals surface area contributed by atoms with Gasteiger partial charge >= 0.3 is 0 Å². The molecule has 1 aliphatic heterocycles. The monoisotopic (exact) mass is 415 g/mol. The van der Waals surface area contributed by atoms with Gasteiger partial charge < -0.3 is 16.0 Å². The summed E-state index contributed by atoms with van der Waals surface area (Å²) < 4.78 is 41.4. The van der Waals surface area contributed by atoms with Crippen LogP contribution in [0.5, 0.6) is 0 Å². The molecule has 1 saturated heterocycles. The van der Waals surface area contributed by atoms with E-state index in [1.54, 1.807) is 17.0 Å². The highest BCUT2D eigenvalue weighted by Crippen LogP contribution is 2.32. The standard InChI is InChI=1S/C21H20F3N5O/c22-14-3-2-13-10-16(20(30)27-15-4-7-26-18(25)12-15)19(28-17(13)11-14)29-8-1-5-21(23,24)6-9-29/h2-4,7,10-12H,1,5-6,8-9H2,(H3,25,26,27,30). The van der Waals surface area contributed by atoms with Gasteiger partial charge in [-0.2, -0.15) is 0 Å². The van der Waals surface area contributed by atoms with Crippen LogP contribution in [0.4, 0.5) is 30.5 Å². The molecule has 1 fully saturated rings. The molecule has 3 N–H and O–H groups in total. The highest BCUT2D eigenvalue weighted by Gasteiger charge is 2.33. The van der Waals surface area contributed by atoms with Gasteiger partial charge in [0.2, 0.25) is 5.92 Å². The van der Waals surface area contributed by atoms with E-state index >= 15 is 0 Å². The summed E-state index contributed by atoms with van der Waals surface area (Å²) in [6, 6.07) is 8.76. The van der Waals surface area contributed by atoms with Crippen LogP contribution in [0.25, 0.3) is 10.9 Å². The van der Waals surface area contributed by atoms with E-state index in [4.69, 9.17) is 5.73 Å². The van der Waals surface area contributed by atoms with Crippen molar-refractivity contribution in [2.45, 2.75) is 25.2 Å². The largest absolute Gasteiger partial charge is 0.384 e. The molecule has 1 aliphatic rings. The Labute approximate surface area is 170 Å². The molecule has 0 atom stereocenters. The normalized spacial score (nSPS) is 16.3. The van der Waals surface area contributed by atoms with E-state index in [1.165, 1.54) is 30.5 Å². The van der Waals surface area contributed by atoms with Crippen LogP contribution in [0.2, 0.25) is 0 Å². The van der Waals surface area contributed by atoms with Crippen molar-refractivity contribution in [3.63, 3.8) is 0 Å². The molecule has 1 aromatic carbocycles. The molecule has 30 heavy (non-hydrogen) atoms. The number of carbonyl (C=O) groups excluding carboxylic acids is 1. The third kappa shape index (κ3) is 4.29. The molecule has 0 aliphatic carbocycles. The molecule has 0 radical (unpaired) electrons. The Morgan fingerprint density at radius 2 is 1.97 bits per heavy atom. The molecule has 0 spiro atoms. The number of rotatable bonds is 3. The molecule has 4 rings (SSSR count). The number of pyridine rings is 2. The van der Waals surface area contributed by atoms with Crippen LogP contribution in [-0.2, 0) is 0 Å². The van der Waals surface area contributed by atoms with Crippen molar-refractivity contribution in [2.75, 3.05) is 29.0 Å². The molecular formula is C21H20F3N5O. The summed E-state index contributed by atoms with van der Waals surface area (Å²) in [7, 11) is 0. The minimum absolute atomic E-state index is 0.0449. The third-order valence-electron chi connectivity index (χ3n) is 5.06. The maximum Gasteiger partial charge on any atom is 0.259 e. The zero-order valence-corrected chi connectivity index (χ0v) is 16.0. The zero-order valence-electron chi connectivity index (χ0n) is 16.0. The zero-order chi connectivity index (χ0) is 21.3. The fourth-order valence-electron chi connectivity index (χ4n) is 3.54. The first-order valence-corrected chi connectivity index (χ1v) is 9.57. The van der Waals surface area contributed by atoms with Crippen LogP contribution in [0, 0.1) is 5.82 Å². The van der Waals surface area contributed by atoms with E-state index < -0.39 is 17.6 Å². The Morgan fingerprint density at radius 3 is 2.77 bits per heavy atom. The highest BCUT2D eigenvalue weighted by molar-refractivity contribution is 6.09. The summed E-state index contributed by atoms with van der Waals surface area (Å²) in [5.41, 5.74) is 6.68. The van der Waals surface area contributed by atoms with Gasteiger partial charge in [0.05, 0.1) is 11.1 Å². The molecule has 0 unspecified atom stereocenters. The van der Waals surface area contributed by atoms with Gasteiger partial charge in [-0.1, -0.05) is 0 Å². The molecular weight excluding hydrogens is 395 g/mol. The van der Waals surface area contributed by atoms with E-state index in [0.717, 1.165) is 0 Å². The summed E-state index contributed by atoms with van der Waals surface area (Å²) in [6.45, 7) is 0.370. The molecule has 0 bridgehead atoms. The number of benzene rings is 1. The molecule has 2 aromatic heterocycles. The predicted octanol–water partition coefficient (Wildman–Crippen LogP) is 4.23. The van der Waals surface area contributed by atoms with E-state index in [-0.39, 0.29) is 43.0 Å². The Morgan fingerprint density at radius 1 is 1.13 bits per heavy atom. The maximum atomic E-state index is 13.9. The van der Waals surface area contributed by atoms with Gasteiger partial charge in [0.25, 0.3) is 5.91 Å². The number of amides is 1. The van der Waals surface area contributed by atoms with E-state index in [2.05, 4.69) is 15.3 Å². The van der Waals surface area contributed by atoms with Crippen LogP contribution < -0.4 is 16.0 Å². The summed E-state index contributed by atoms with van der Waals surface area (Å²) in [6.07, 6.45) is 1.17. The van der Waals surface area contributed by atoms with Gasteiger partial charge in [-0.25, -0.2) is 23.1 Å². The lowest BCUT2D eigenvalue weighted by Gasteiger charge is -2.24. The van der Waals surface area contributed by atoms with E-state index in [1.807, 2.05) is 0 Å². The Balaban J connectivity index is 1.75. The lowest BCUT2D eigenvalue weighted by Crippen LogP contribution is -2.29. The number of aromatic nitrogens is 2. The average molecular weight is 415 g/mol. The molecule has 1 amide bonds. The third-order valence-corrected chi connectivity index (χ3v) is 5.06. The van der Waals surface area contributed by atoms with Crippen molar-refractivity contribution in [3.05, 3.63) is 54.0 Å². The first-order valence-electron chi connectivity index (χ1n) is 9.57. The summed E-state index contributed by atoms with van der Waals surface area (Å²) in [5.74, 6) is -3.19. The number of nitrogen functional groups attached to an aromatic ring is 1. The molecule has 3 heterocycles. The van der Waals surface area contributed by atoms with Crippen molar-refractivity contribution in [1.29, 1.82) is 0 Å². The Bertz CT molecular complexity index is 1110. The van der Waals surface area contributed by atoms with Crippen LogP contribution in [0.3, 0.4) is 0 Å². The van der Waals surface area contributed by atoms with Crippen LogP contribution >= 0.6 is 0 Å². The Kier molecular flexibility index (Phi) is 5.19. The summed E-state index contributed by atoms with van der Waals surface area (Å²) >= 11 is 0. The summed E-state index contributed by atoms with van der Waals surface area (Å²) in [5, 5.41) is 3.31. The fourth-order valence-corrected chi connectivity index (χ4v) is 3.54. The lowest BCUT2D eigenvalue weighted by molar-refractivity contribution is -0.0102. The van der Waals surface area contributed by atoms with Crippen molar-refractivity contribution in [1.82, 2.24) is 9.97 Å². The number of fused-ring (bicyclic) bond motifs is 1. The number of carbonyl (C=O) groups is 1. The smallest absolute Gasteiger partial charge is 0.259 e. The Hall–Kier alpha value is -3.36. The van der Waals surface area contributed by atoms with E-state index in [9.17, 15) is 18.0 Å². The molecule has 0 saturated carbocycles. The lowest BCUT2D eigenvalue weighted by atomic mass is 10.1. The van der Waals surface area contributed by atoms with Gasteiger partial charge in [-0.3, -0.25) is 4.79 Å². The quantitative estimate of drug-likeness (QED) is 0.669. The van der Waals surface area contributed by atoms with Crippen molar-refractivity contribution in [3.8, 4) is 0 Å². The predicted molar refractivity (Wildman–Crippen MR) is 109 cm³/mol. The first kappa shape index (κ1) is 19.9. The van der Waals surface area contributed by atoms with Crippen molar-refractivity contribution >= 4 is 34.1 Å². The number of hydrogen-bond acceptors (Lipinski definition) is 5. The average Bonchev–Trinajstić information content (AvgIpc) is 2.87. The number of hydrogen-bond donors (Lipinski definition) is 2. The van der Waals surface area contributed by atoms with Crippen LogP contribution in [0.15, 0.2) is 42.6 Å². The SMILES string of the molecule is Nc1cc(NC(=O)c2cc3ccc(F)cc3nc2N2CCCC(F)(F)CC2)ccn1. The minimum atomic E-state index is -2.76.